The standard InChI is InChI=1S/C14H16BrN/c1-16-13-7-8-14(16)12(15)9-11(13)10-5-3-2-4-6-10/h2-6,9,12-14H,7-8H2,1H3/t12-,13+,14-/m0/s1. The molecule has 0 spiro atoms. The van der Waals surface area contributed by atoms with Crippen molar-refractivity contribution >= 4 is 21.5 Å². The molecule has 2 heterocycles. The van der Waals surface area contributed by atoms with Crippen LogP contribution in [0.5, 0.6) is 0 Å². The van der Waals surface area contributed by atoms with Crippen molar-refractivity contribution in [3.8, 4) is 0 Å². The third kappa shape index (κ3) is 1.56. The molecule has 2 bridgehead atoms. The monoisotopic (exact) mass is 277 g/mol. The summed E-state index contributed by atoms with van der Waals surface area (Å²) in [6.45, 7) is 0. The lowest BCUT2D eigenvalue weighted by Gasteiger charge is -2.34. The van der Waals surface area contributed by atoms with E-state index in [4.69, 9.17) is 0 Å². The quantitative estimate of drug-likeness (QED) is 0.712. The molecule has 3 atom stereocenters. The minimum atomic E-state index is 0.506. The van der Waals surface area contributed by atoms with Gasteiger partial charge in [0.25, 0.3) is 0 Å². The molecule has 0 radical (unpaired) electrons. The van der Waals surface area contributed by atoms with Crippen LogP contribution in [0, 0.1) is 0 Å². The maximum atomic E-state index is 3.80. The van der Waals surface area contributed by atoms with E-state index in [0.29, 0.717) is 16.9 Å². The second-order valence-electron chi connectivity index (χ2n) is 4.76. The fourth-order valence-electron chi connectivity index (χ4n) is 3.04. The summed E-state index contributed by atoms with van der Waals surface area (Å²) in [7, 11) is 2.26. The first-order chi connectivity index (χ1) is 7.77. The first-order valence-electron chi connectivity index (χ1n) is 5.90. The highest BCUT2D eigenvalue weighted by Gasteiger charge is 2.40. The Labute approximate surface area is 105 Å². The Bertz CT molecular complexity index is 412. The highest BCUT2D eigenvalue weighted by Crippen LogP contribution is 2.41. The van der Waals surface area contributed by atoms with Crippen molar-refractivity contribution in [1.29, 1.82) is 0 Å². The molecule has 1 saturated heterocycles. The third-order valence-corrected chi connectivity index (χ3v) is 4.80. The Hall–Kier alpha value is -0.600. The molecule has 2 aliphatic heterocycles. The number of halogens is 1. The summed E-state index contributed by atoms with van der Waals surface area (Å²) in [6, 6.07) is 12.1. The van der Waals surface area contributed by atoms with Crippen LogP contribution in [0.1, 0.15) is 18.4 Å². The predicted molar refractivity (Wildman–Crippen MR) is 71.7 cm³/mol. The minimum Gasteiger partial charge on any atom is -0.295 e. The van der Waals surface area contributed by atoms with Crippen LogP contribution in [0.2, 0.25) is 0 Å². The largest absolute Gasteiger partial charge is 0.295 e. The van der Waals surface area contributed by atoms with E-state index >= 15 is 0 Å². The van der Waals surface area contributed by atoms with Gasteiger partial charge in [0, 0.05) is 16.9 Å². The maximum absolute atomic E-state index is 3.80. The first kappa shape index (κ1) is 10.5. The maximum Gasteiger partial charge on any atom is 0.0487 e. The van der Waals surface area contributed by atoms with Crippen molar-refractivity contribution in [2.24, 2.45) is 0 Å². The van der Waals surface area contributed by atoms with E-state index in [9.17, 15) is 0 Å². The molecule has 1 fully saturated rings. The third-order valence-electron chi connectivity index (χ3n) is 3.92. The van der Waals surface area contributed by atoms with Gasteiger partial charge in [-0.05, 0) is 31.0 Å². The Balaban J connectivity index is 2.02. The minimum absolute atomic E-state index is 0.506. The molecule has 1 aromatic rings. The smallest absolute Gasteiger partial charge is 0.0487 e. The molecule has 0 aromatic heterocycles. The average Bonchev–Trinajstić information content (AvgIpc) is 2.58. The molecule has 0 amide bonds. The zero-order valence-corrected chi connectivity index (χ0v) is 11.0. The number of nitrogens with zero attached hydrogens (tertiary/aromatic N) is 1. The second-order valence-corrected chi connectivity index (χ2v) is 5.82. The van der Waals surface area contributed by atoms with Crippen LogP contribution >= 0.6 is 15.9 Å². The summed E-state index contributed by atoms with van der Waals surface area (Å²) in [5, 5.41) is 0. The van der Waals surface area contributed by atoms with Crippen LogP contribution in [0.25, 0.3) is 5.57 Å². The second kappa shape index (κ2) is 4.01. The Morgan fingerprint density at radius 2 is 1.94 bits per heavy atom. The van der Waals surface area contributed by atoms with Crippen LogP contribution in [-0.2, 0) is 0 Å². The summed E-state index contributed by atoms with van der Waals surface area (Å²) in [5.41, 5.74) is 2.88. The summed E-state index contributed by atoms with van der Waals surface area (Å²) in [4.78, 5) is 3.04. The molecule has 2 aliphatic rings. The van der Waals surface area contributed by atoms with Crippen molar-refractivity contribution in [2.75, 3.05) is 7.05 Å². The summed E-state index contributed by atoms with van der Waals surface area (Å²) in [6.07, 6.45) is 5.02. The molecule has 16 heavy (non-hydrogen) atoms. The van der Waals surface area contributed by atoms with Gasteiger partial charge in [-0.3, -0.25) is 4.90 Å². The number of benzene rings is 1. The number of hydrogen-bond donors (Lipinski definition) is 0. The normalized spacial score (nSPS) is 33.9. The van der Waals surface area contributed by atoms with Crippen LogP contribution in [0.4, 0.5) is 0 Å². The average molecular weight is 278 g/mol. The molecule has 1 aromatic carbocycles. The zero-order chi connectivity index (χ0) is 11.1. The van der Waals surface area contributed by atoms with Crippen LogP contribution in [0.3, 0.4) is 0 Å². The molecule has 3 rings (SSSR count). The van der Waals surface area contributed by atoms with E-state index in [1.807, 2.05) is 0 Å². The number of alkyl halides is 1. The lowest BCUT2D eigenvalue weighted by atomic mass is 9.95. The van der Waals surface area contributed by atoms with E-state index in [-0.39, 0.29) is 0 Å². The SMILES string of the molecule is CN1[C@@H]2CC[C@H]1[C@@H](Br)C=C2c1ccccc1. The van der Waals surface area contributed by atoms with Gasteiger partial charge in [-0.25, -0.2) is 0 Å². The number of hydrogen-bond acceptors (Lipinski definition) is 1. The summed E-state index contributed by atoms with van der Waals surface area (Å²) < 4.78 is 0. The molecular weight excluding hydrogens is 262 g/mol. The predicted octanol–water partition coefficient (Wildman–Crippen LogP) is 3.31. The Morgan fingerprint density at radius 1 is 1.19 bits per heavy atom. The summed E-state index contributed by atoms with van der Waals surface area (Å²) >= 11 is 3.80. The van der Waals surface area contributed by atoms with Crippen molar-refractivity contribution in [3.63, 3.8) is 0 Å². The molecule has 1 nitrogen and oxygen atoms in total. The van der Waals surface area contributed by atoms with Gasteiger partial charge in [0.2, 0.25) is 0 Å². The highest BCUT2D eigenvalue weighted by molar-refractivity contribution is 9.09. The molecule has 0 unspecified atom stereocenters. The fraction of sp³-hybridized carbons (Fsp3) is 0.429. The molecule has 2 heteroatoms. The van der Waals surface area contributed by atoms with Crippen molar-refractivity contribution in [3.05, 3.63) is 42.0 Å². The highest BCUT2D eigenvalue weighted by atomic mass is 79.9. The number of likely N-dealkylation sites (N-methyl/N-ethyl adjacent to an activating group) is 1. The van der Waals surface area contributed by atoms with E-state index in [0.717, 1.165) is 0 Å². The van der Waals surface area contributed by atoms with Crippen molar-refractivity contribution < 1.29 is 0 Å². The van der Waals surface area contributed by atoms with Crippen molar-refractivity contribution in [1.82, 2.24) is 4.90 Å². The van der Waals surface area contributed by atoms with Gasteiger partial charge >= 0.3 is 0 Å². The molecule has 0 saturated carbocycles. The van der Waals surface area contributed by atoms with Crippen molar-refractivity contribution in [2.45, 2.75) is 29.8 Å². The van der Waals surface area contributed by atoms with Gasteiger partial charge in [-0.1, -0.05) is 52.3 Å². The number of fused-ring (bicyclic) bond motifs is 2. The fourth-order valence-corrected chi connectivity index (χ4v) is 3.96. The lowest BCUT2D eigenvalue weighted by molar-refractivity contribution is 0.274. The van der Waals surface area contributed by atoms with Gasteiger partial charge in [-0.2, -0.15) is 0 Å². The Kier molecular flexibility index (Phi) is 2.64. The summed E-state index contributed by atoms with van der Waals surface area (Å²) in [5.74, 6) is 0. The van der Waals surface area contributed by atoms with Crippen LogP contribution in [-0.4, -0.2) is 28.9 Å². The van der Waals surface area contributed by atoms with Gasteiger partial charge in [-0.15, -0.1) is 0 Å². The van der Waals surface area contributed by atoms with E-state index in [2.05, 4.69) is 64.3 Å². The van der Waals surface area contributed by atoms with Gasteiger partial charge < -0.3 is 0 Å². The first-order valence-corrected chi connectivity index (χ1v) is 6.82. The Morgan fingerprint density at radius 3 is 2.69 bits per heavy atom. The number of rotatable bonds is 1. The molecule has 0 aliphatic carbocycles. The van der Waals surface area contributed by atoms with Crippen LogP contribution in [0.15, 0.2) is 36.4 Å². The molecule has 84 valence electrons. The van der Waals surface area contributed by atoms with E-state index in [1.54, 1.807) is 0 Å². The lowest BCUT2D eigenvalue weighted by Crippen LogP contribution is -2.41. The van der Waals surface area contributed by atoms with Gasteiger partial charge in [0.1, 0.15) is 0 Å². The van der Waals surface area contributed by atoms with Gasteiger partial charge in [0.05, 0.1) is 0 Å². The van der Waals surface area contributed by atoms with E-state index in [1.165, 1.54) is 24.0 Å². The zero-order valence-electron chi connectivity index (χ0n) is 9.44. The van der Waals surface area contributed by atoms with Gasteiger partial charge in [0.15, 0.2) is 0 Å². The topological polar surface area (TPSA) is 3.24 Å². The molecule has 0 N–H and O–H groups in total. The van der Waals surface area contributed by atoms with Crippen LogP contribution < -0.4 is 0 Å². The molecular formula is C14H16BrN. The van der Waals surface area contributed by atoms with E-state index < -0.39 is 0 Å².